The molecule has 3 aromatic carbocycles. The molecule has 1 aliphatic heterocycles. The Hall–Kier alpha value is -4.25. The summed E-state index contributed by atoms with van der Waals surface area (Å²) < 4.78 is 6.60. The first kappa shape index (κ1) is 28.9. The van der Waals surface area contributed by atoms with Crippen molar-refractivity contribution >= 4 is 57.0 Å². The van der Waals surface area contributed by atoms with Gasteiger partial charge in [0, 0.05) is 16.2 Å². The summed E-state index contributed by atoms with van der Waals surface area (Å²) in [6.07, 6.45) is 0. The lowest BCUT2D eigenvalue weighted by Crippen LogP contribution is -2.29. The number of carbonyl (C=O) groups excluding carboxylic acids is 2. The third-order valence-corrected chi connectivity index (χ3v) is 10.0. The summed E-state index contributed by atoms with van der Waals surface area (Å²) in [5, 5.41) is 22.2. The molecule has 1 atom stereocenters. The Morgan fingerprint density at radius 1 is 0.930 bits per heavy atom. The van der Waals surface area contributed by atoms with E-state index in [1.54, 1.807) is 24.3 Å². The van der Waals surface area contributed by atoms with Crippen molar-refractivity contribution in [1.82, 2.24) is 10.2 Å². The van der Waals surface area contributed by atoms with Gasteiger partial charge in [0.2, 0.25) is 5.13 Å². The normalized spacial score (nSPS) is 16.1. The molecule has 1 fully saturated rings. The number of hydrogen-bond donors (Lipinski definition) is 1. The number of nitrogens with zero attached hydrogens (tertiary/aromatic N) is 3. The highest BCUT2D eigenvalue weighted by molar-refractivity contribution is 8.00. The third kappa shape index (κ3) is 6.27. The Balaban J connectivity index is 1.25. The zero-order valence-electron chi connectivity index (χ0n) is 23.4. The summed E-state index contributed by atoms with van der Waals surface area (Å²) in [5.74, 6) is -0.433. The quantitative estimate of drug-likeness (QED) is 0.0590. The van der Waals surface area contributed by atoms with E-state index in [1.165, 1.54) is 44.9 Å². The van der Waals surface area contributed by atoms with E-state index in [0.717, 1.165) is 21.6 Å². The van der Waals surface area contributed by atoms with Gasteiger partial charge in [-0.15, -0.1) is 21.5 Å². The number of aryl methyl sites for hydroxylation is 2. The number of benzene rings is 3. The fourth-order valence-corrected chi connectivity index (χ4v) is 7.41. The van der Waals surface area contributed by atoms with Crippen molar-refractivity contribution in [2.45, 2.75) is 36.6 Å². The van der Waals surface area contributed by atoms with Crippen LogP contribution in [0.5, 0.6) is 5.75 Å². The lowest BCUT2D eigenvalue weighted by Gasteiger charge is -2.20. The lowest BCUT2D eigenvalue weighted by molar-refractivity contribution is -0.132. The van der Waals surface area contributed by atoms with Crippen LogP contribution in [-0.2, 0) is 21.9 Å². The Morgan fingerprint density at radius 2 is 1.72 bits per heavy atom. The standard InChI is InChI=1S/C33H27N3O4S3/c1-20-8-10-22(11-9-20)19-42-33-35-34-32(43-33)36-28(26-7-4-16-41-26)27(30(38)31(36)39)29(37)24-12-14-25(15-13-24)40-18-23-6-3-5-21(2)17-23/h3-17,28,37H,18-19H2,1-2H3/b29-27+. The molecule has 0 saturated carbocycles. The number of thioether (sulfide) groups is 1. The number of Topliss-reactive ketones (excluding diaryl/α,β-unsaturated/α-hetero) is 1. The van der Waals surface area contributed by atoms with E-state index in [1.807, 2.05) is 49.6 Å². The largest absolute Gasteiger partial charge is 0.507 e. The van der Waals surface area contributed by atoms with Gasteiger partial charge in [-0.3, -0.25) is 14.5 Å². The fraction of sp³-hybridized carbons (Fsp3) is 0.152. The van der Waals surface area contributed by atoms with Crippen LogP contribution in [-0.4, -0.2) is 27.0 Å². The Bertz CT molecular complexity index is 1800. The van der Waals surface area contributed by atoms with Crippen molar-refractivity contribution in [3.05, 3.63) is 129 Å². The molecule has 216 valence electrons. The van der Waals surface area contributed by atoms with Gasteiger partial charge < -0.3 is 9.84 Å². The highest BCUT2D eigenvalue weighted by Crippen LogP contribution is 2.45. The van der Waals surface area contributed by atoms with Gasteiger partial charge in [-0.05, 0) is 60.7 Å². The first-order valence-electron chi connectivity index (χ1n) is 13.5. The SMILES string of the molecule is Cc1ccc(CSc2nnc(N3C(=O)C(=O)/C(=C(/O)c4ccc(OCc5cccc(C)c5)cc4)C3c3cccs3)s2)cc1. The molecule has 0 spiro atoms. The summed E-state index contributed by atoms with van der Waals surface area (Å²) in [5.41, 5.74) is 4.98. The predicted octanol–water partition coefficient (Wildman–Crippen LogP) is 7.71. The molecule has 5 aromatic rings. The summed E-state index contributed by atoms with van der Waals surface area (Å²) >= 11 is 4.17. The maximum absolute atomic E-state index is 13.4. The van der Waals surface area contributed by atoms with E-state index < -0.39 is 17.7 Å². The molecule has 0 aliphatic carbocycles. The van der Waals surface area contributed by atoms with Crippen LogP contribution in [0, 0.1) is 13.8 Å². The fourth-order valence-electron chi connectivity index (χ4n) is 4.77. The van der Waals surface area contributed by atoms with Crippen LogP contribution in [0.3, 0.4) is 0 Å². The molecule has 6 rings (SSSR count). The summed E-state index contributed by atoms with van der Waals surface area (Å²) in [4.78, 5) is 28.9. The summed E-state index contributed by atoms with van der Waals surface area (Å²) in [7, 11) is 0. The van der Waals surface area contributed by atoms with Crippen LogP contribution in [0.4, 0.5) is 5.13 Å². The monoisotopic (exact) mass is 625 g/mol. The average Bonchev–Trinajstić information content (AvgIpc) is 3.77. The Morgan fingerprint density at radius 3 is 2.44 bits per heavy atom. The Kier molecular flexibility index (Phi) is 8.42. The maximum atomic E-state index is 13.4. The van der Waals surface area contributed by atoms with Crippen LogP contribution in [0.1, 0.15) is 38.7 Å². The number of thiophene rings is 1. The number of ketones is 1. The number of ether oxygens (including phenoxy) is 1. The molecule has 43 heavy (non-hydrogen) atoms. The maximum Gasteiger partial charge on any atom is 0.301 e. The van der Waals surface area contributed by atoms with Crippen molar-refractivity contribution in [3.8, 4) is 5.75 Å². The van der Waals surface area contributed by atoms with Crippen molar-refractivity contribution < 1.29 is 19.4 Å². The van der Waals surface area contributed by atoms with E-state index in [2.05, 4.69) is 40.5 Å². The molecule has 0 radical (unpaired) electrons. The van der Waals surface area contributed by atoms with Gasteiger partial charge in [-0.2, -0.15) is 0 Å². The number of amides is 1. The van der Waals surface area contributed by atoms with Crippen LogP contribution in [0.25, 0.3) is 5.76 Å². The molecular weight excluding hydrogens is 599 g/mol. The second-order valence-corrected chi connectivity index (χ2v) is 13.3. The summed E-state index contributed by atoms with van der Waals surface area (Å²) in [6, 6.07) is 26.1. The zero-order valence-corrected chi connectivity index (χ0v) is 25.8. The number of aromatic nitrogens is 2. The number of aliphatic hydroxyl groups is 1. The van der Waals surface area contributed by atoms with Gasteiger partial charge in [-0.1, -0.05) is 88.8 Å². The van der Waals surface area contributed by atoms with E-state index in [4.69, 9.17) is 4.74 Å². The number of rotatable bonds is 9. The molecule has 2 aromatic heterocycles. The number of carbonyl (C=O) groups is 2. The Labute approximate surface area is 261 Å². The minimum atomic E-state index is -0.819. The summed E-state index contributed by atoms with van der Waals surface area (Å²) in [6.45, 7) is 4.48. The minimum absolute atomic E-state index is 0.0185. The molecule has 0 bridgehead atoms. The second kappa shape index (κ2) is 12.5. The second-order valence-electron chi connectivity index (χ2n) is 10.1. The van der Waals surface area contributed by atoms with Gasteiger partial charge in [0.05, 0.1) is 5.57 Å². The van der Waals surface area contributed by atoms with Crippen molar-refractivity contribution in [2.24, 2.45) is 0 Å². The van der Waals surface area contributed by atoms with Crippen molar-refractivity contribution in [2.75, 3.05) is 4.90 Å². The molecule has 1 N–H and O–H groups in total. The van der Waals surface area contributed by atoms with Gasteiger partial charge >= 0.3 is 5.91 Å². The number of hydrogen-bond acceptors (Lipinski definition) is 9. The van der Waals surface area contributed by atoms with Crippen LogP contribution >= 0.6 is 34.4 Å². The minimum Gasteiger partial charge on any atom is -0.507 e. The van der Waals surface area contributed by atoms with Gasteiger partial charge in [-0.25, -0.2) is 0 Å². The topological polar surface area (TPSA) is 92.6 Å². The number of aliphatic hydroxyl groups excluding tert-OH is 1. The van der Waals surface area contributed by atoms with E-state index >= 15 is 0 Å². The molecule has 7 nitrogen and oxygen atoms in total. The number of anilines is 1. The van der Waals surface area contributed by atoms with Crippen LogP contribution < -0.4 is 9.64 Å². The van der Waals surface area contributed by atoms with E-state index in [0.29, 0.717) is 33.1 Å². The van der Waals surface area contributed by atoms with Gasteiger partial charge in [0.15, 0.2) is 4.34 Å². The molecule has 10 heteroatoms. The van der Waals surface area contributed by atoms with Crippen LogP contribution in [0.15, 0.2) is 100 Å². The van der Waals surface area contributed by atoms with Gasteiger partial charge in [0.25, 0.3) is 5.78 Å². The van der Waals surface area contributed by atoms with Crippen LogP contribution in [0.2, 0.25) is 0 Å². The molecule has 1 amide bonds. The highest BCUT2D eigenvalue weighted by atomic mass is 32.2. The van der Waals surface area contributed by atoms with Crippen molar-refractivity contribution in [1.29, 1.82) is 0 Å². The molecule has 1 unspecified atom stereocenters. The molecular formula is C33H27N3O4S3. The smallest absolute Gasteiger partial charge is 0.301 e. The lowest BCUT2D eigenvalue weighted by atomic mass is 10.00. The molecule has 1 saturated heterocycles. The van der Waals surface area contributed by atoms with E-state index in [-0.39, 0.29) is 11.3 Å². The highest BCUT2D eigenvalue weighted by Gasteiger charge is 2.48. The third-order valence-electron chi connectivity index (χ3n) is 6.96. The van der Waals surface area contributed by atoms with Crippen molar-refractivity contribution in [3.63, 3.8) is 0 Å². The zero-order chi connectivity index (χ0) is 29.9. The first-order valence-corrected chi connectivity index (χ1v) is 16.2. The molecule has 3 heterocycles. The predicted molar refractivity (Wildman–Crippen MR) is 172 cm³/mol. The molecule has 1 aliphatic rings. The first-order chi connectivity index (χ1) is 20.9. The van der Waals surface area contributed by atoms with Gasteiger partial charge in [0.1, 0.15) is 24.2 Å². The van der Waals surface area contributed by atoms with E-state index in [9.17, 15) is 14.7 Å². The average molecular weight is 626 g/mol.